The molecule has 0 saturated heterocycles. The summed E-state index contributed by atoms with van der Waals surface area (Å²) in [5, 5.41) is 14.8. The van der Waals surface area contributed by atoms with Gasteiger partial charge in [0, 0.05) is 25.8 Å². The zero-order valence-electron chi connectivity index (χ0n) is 10.5. The quantitative estimate of drug-likeness (QED) is 0.485. The zero-order valence-corrected chi connectivity index (χ0v) is 10.5. The van der Waals surface area contributed by atoms with Crippen molar-refractivity contribution >= 4 is 5.91 Å². The Morgan fingerprint density at radius 1 is 1.50 bits per heavy atom. The molecule has 0 rings (SSSR count). The Hall–Kier alpha value is -0.650. The first-order valence-corrected chi connectivity index (χ1v) is 5.69. The van der Waals surface area contributed by atoms with Crippen LogP contribution in [0.5, 0.6) is 0 Å². The van der Waals surface area contributed by atoms with Gasteiger partial charge in [-0.2, -0.15) is 0 Å². The number of nitrogens with one attached hydrogen (secondary N) is 2. The smallest absolute Gasteiger partial charge is 0.234 e. The van der Waals surface area contributed by atoms with Gasteiger partial charge in [-0.1, -0.05) is 6.92 Å². The molecule has 0 aliphatic heterocycles. The molecule has 96 valence electrons. The van der Waals surface area contributed by atoms with Gasteiger partial charge in [-0.3, -0.25) is 4.79 Å². The first-order chi connectivity index (χ1) is 7.58. The Labute approximate surface area is 97.6 Å². The summed E-state index contributed by atoms with van der Waals surface area (Å²) >= 11 is 0. The van der Waals surface area contributed by atoms with Crippen LogP contribution in [-0.4, -0.2) is 50.0 Å². The molecule has 0 radical (unpaired) electrons. The molecule has 1 unspecified atom stereocenters. The molecule has 0 aromatic carbocycles. The van der Waals surface area contributed by atoms with E-state index < -0.39 is 0 Å². The third-order valence-corrected chi connectivity index (χ3v) is 2.75. The van der Waals surface area contributed by atoms with E-state index in [0.717, 1.165) is 6.42 Å². The molecule has 0 spiro atoms. The van der Waals surface area contributed by atoms with Crippen LogP contribution in [0.25, 0.3) is 0 Å². The fraction of sp³-hybridized carbons (Fsp3) is 0.909. The van der Waals surface area contributed by atoms with Gasteiger partial charge in [0.1, 0.15) is 0 Å². The number of methoxy groups -OCH3 is 1. The van der Waals surface area contributed by atoms with Crippen molar-refractivity contribution in [2.45, 2.75) is 32.2 Å². The first-order valence-electron chi connectivity index (χ1n) is 5.69. The Balaban J connectivity index is 3.79. The largest absolute Gasteiger partial charge is 0.396 e. The van der Waals surface area contributed by atoms with Crippen LogP contribution < -0.4 is 10.6 Å². The second kappa shape index (κ2) is 8.50. The summed E-state index contributed by atoms with van der Waals surface area (Å²) in [6.07, 6.45) is 1.52. The minimum absolute atomic E-state index is 0.0466. The standard InChI is InChI=1S/C11H24N2O3/c1-4-11(2,5-7-14)13-9-10(15)12-6-8-16-3/h13-14H,4-9H2,1-3H3,(H,12,15). The summed E-state index contributed by atoms with van der Waals surface area (Å²) in [6.45, 7) is 5.49. The van der Waals surface area contributed by atoms with Gasteiger partial charge in [0.2, 0.25) is 5.91 Å². The molecule has 5 heteroatoms. The van der Waals surface area contributed by atoms with Crippen LogP contribution in [0.15, 0.2) is 0 Å². The highest BCUT2D eigenvalue weighted by Crippen LogP contribution is 2.12. The van der Waals surface area contributed by atoms with E-state index >= 15 is 0 Å². The van der Waals surface area contributed by atoms with E-state index in [4.69, 9.17) is 9.84 Å². The molecule has 1 atom stereocenters. The molecule has 0 aliphatic rings. The highest BCUT2D eigenvalue weighted by Gasteiger charge is 2.21. The Bertz CT molecular complexity index is 200. The number of hydrogen-bond donors (Lipinski definition) is 3. The Morgan fingerprint density at radius 2 is 2.19 bits per heavy atom. The summed E-state index contributed by atoms with van der Waals surface area (Å²) in [6, 6.07) is 0. The van der Waals surface area contributed by atoms with E-state index in [-0.39, 0.29) is 24.6 Å². The van der Waals surface area contributed by atoms with E-state index in [1.54, 1.807) is 7.11 Å². The zero-order chi connectivity index (χ0) is 12.4. The Morgan fingerprint density at radius 3 is 2.69 bits per heavy atom. The number of hydrogen-bond acceptors (Lipinski definition) is 4. The predicted octanol–water partition coefficient (Wildman–Crippen LogP) is -0.110. The average molecular weight is 232 g/mol. The normalized spacial score (nSPS) is 14.5. The van der Waals surface area contributed by atoms with Gasteiger partial charge in [-0.15, -0.1) is 0 Å². The fourth-order valence-electron chi connectivity index (χ4n) is 1.29. The SMILES string of the molecule is CCC(C)(CCO)NCC(=O)NCCOC. The number of aliphatic hydroxyl groups is 1. The molecule has 0 aliphatic carbocycles. The van der Waals surface area contributed by atoms with Gasteiger partial charge in [-0.05, 0) is 19.8 Å². The molecule has 0 bridgehead atoms. The van der Waals surface area contributed by atoms with Gasteiger partial charge in [0.25, 0.3) is 0 Å². The Kier molecular flexibility index (Phi) is 8.15. The second-order valence-corrected chi connectivity index (χ2v) is 4.08. The highest BCUT2D eigenvalue weighted by molar-refractivity contribution is 5.78. The van der Waals surface area contributed by atoms with Crippen molar-refractivity contribution in [1.29, 1.82) is 0 Å². The van der Waals surface area contributed by atoms with E-state index in [0.29, 0.717) is 19.6 Å². The lowest BCUT2D eigenvalue weighted by atomic mass is 9.95. The molecular formula is C11H24N2O3. The molecular weight excluding hydrogens is 208 g/mol. The van der Waals surface area contributed by atoms with Crippen LogP contribution in [0.3, 0.4) is 0 Å². The van der Waals surface area contributed by atoms with Gasteiger partial charge in [0.15, 0.2) is 0 Å². The van der Waals surface area contributed by atoms with Crippen molar-refractivity contribution in [2.75, 3.05) is 33.4 Å². The van der Waals surface area contributed by atoms with Crippen molar-refractivity contribution in [2.24, 2.45) is 0 Å². The van der Waals surface area contributed by atoms with Crippen LogP contribution in [-0.2, 0) is 9.53 Å². The van der Waals surface area contributed by atoms with E-state index in [2.05, 4.69) is 10.6 Å². The molecule has 5 nitrogen and oxygen atoms in total. The summed E-state index contributed by atoms with van der Waals surface area (Å²) in [4.78, 5) is 11.4. The van der Waals surface area contributed by atoms with Crippen molar-refractivity contribution in [3.8, 4) is 0 Å². The molecule has 0 fully saturated rings. The second-order valence-electron chi connectivity index (χ2n) is 4.08. The molecule has 0 heterocycles. The number of aliphatic hydroxyl groups excluding tert-OH is 1. The minimum Gasteiger partial charge on any atom is -0.396 e. The number of carbonyl (C=O) groups excluding carboxylic acids is 1. The van der Waals surface area contributed by atoms with Gasteiger partial charge in [-0.25, -0.2) is 0 Å². The van der Waals surface area contributed by atoms with Crippen LogP contribution in [0.1, 0.15) is 26.7 Å². The minimum atomic E-state index is -0.173. The monoisotopic (exact) mass is 232 g/mol. The third-order valence-electron chi connectivity index (χ3n) is 2.75. The maximum Gasteiger partial charge on any atom is 0.234 e. The maximum atomic E-state index is 11.4. The van der Waals surface area contributed by atoms with Crippen molar-refractivity contribution in [3.63, 3.8) is 0 Å². The van der Waals surface area contributed by atoms with Crippen LogP contribution in [0.2, 0.25) is 0 Å². The maximum absolute atomic E-state index is 11.4. The molecule has 0 saturated carbocycles. The summed E-state index contributed by atoms with van der Waals surface area (Å²) < 4.78 is 4.83. The van der Waals surface area contributed by atoms with E-state index in [1.807, 2.05) is 13.8 Å². The average Bonchev–Trinajstić information content (AvgIpc) is 2.27. The van der Waals surface area contributed by atoms with Crippen LogP contribution >= 0.6 is 0 Å². The number of ether oxygens (including phenoxy) is 1. The summed E-state index contributed by atoms with van der Waals surface area (Å²) in [5.41, 5.74) is -0.173. The lowest BCUT2D eigenvalue weighted by molar-refractivity contribution is -0.120. The summed E-state index contributed by atoms with van der Waals surface area (Å²) in [5.74, 6) is -0.0466. The van der Waals surface area contributed by atoms with Crippen LogP contribution in [0.4, 0.5) is 0 Å². The first kappa shape index (κ1) is 15.3. The number of amides is 1. The van der Waals surface area contributed by atoms with E-state index in [1.165, 1.54) is 0 Å². The number of rotatable bonds is 9. The highest BCUT2D eigenvalue weighted by atomic mass is 16.5. The predicted molar refractivity (Wildman–Crippen MR) is 63.3 cm³/mol. The summed E-state index contributed by atoms with van der Waals surface area (Å²) in [7, 11) is 1.60. The molecule has 0 aromatic rings. The van der Waals surface area contributed by atoms with Crippen LogP contribution in [0, 0.1) is 0 Å². The lowest BCUT2D eigenvalue weighted by Crippen LogP contribution is -2.47. The molecule has 16 heavy (non-hydrogen) atoms. The van der Waals surface area contributed by atoms with Gasteiger partial charge >= 0.3 is 0 Å². The van der Waals surface area contributed by atoms with Gasteiger partial charge in [0.05, 0.1) is 13.2 Å². The molecule has 1 amide bonds. The van der Waals surface area contributed by atoms with Gasteiger partial charge < -0.3 is 20.5 Å². The topological polar surface area (TPSA) is 70.6 Å². The van der Waals surface area contributed by atoms with Crippen molar-refractivity contribution < 1.29 is 14.6 Å². The third kappa shape index (κ3) is 6.76. The lowest BCUT2D eigenvalue weighted by Gasteiger charge is -2.28. The van der Waals surface area contributed by atoms with E-state index in [9.17, 15) is 4.79 Å². The number of carbonyl (C=O) groups is 1. The molecule has 0 aromatic heterocycles. The fourth-order valence-corrected chi connectivity index (χ4v) is 1.29. The van der Waals surface area contributed by atoms with Crippen molar-refractivity contribution in [3.05, 3.63) is 0 Å². The molecule has 3 N–H and O–H groups in total. The van der Waals surface area contributed by atoms with Crippen molar-refractivity contribution in [1.82, 2.24) is 10.6 Å².